The van der Waals surface area contributed by atoms with Crippen LogP contribution < -0.4 is 10.5 Å². The lowest BCUT2D eigenvalue weighted by molar-refractivity contribution is -0.274. The van der Waals surface area contributed by atoms with Gasteiger partial charge in [0, 0.05) is 6.26 Å². The average molecular weight is 382 g/mol. The first-order valence-corrected chi connectivity index (χ1v) is 8.37. The molecular formula is C15H15ClF3NO3S. The van der Waals surface area contributed by atoms with Gasteiger partial charge in [0.1, 0.15) is 5.75 Å². The molecule has 0 aliphatic heterocycles. The van der Waals surface area contributed by atoms with E-state index in [0.717, 1.165) is 6.26 Å². The minimum absolute atomic E-state index is 0. The van der Waals surface area contributed by atoms with Crippen LogP contribution in [-0.4, -0.2) is 21.0 Å². The Morgan fingerprint density at radius 2 is 1.38 bits per heavy atom. The molecule has 0 radical (unpaired) electrons. The molecule has 0 bridgehead atoms. The summed E-state index contributed by atoms with van der Waals surface area (Å²) in [5.41, 5.74) is 7.26. The molecule has 0 aliphatic carbocycles. The third-order valence-electron chi connectivity index (χ3n) is 3.14. The lowest BCUT2D eigenvalue weighted by Gasteiger charge is -2.14. The van der Waals surface area contributed by atoms with Crippen molar-refractivity contribution in [3.8, 4) is 5.75 Å². The van der Waals surface area contributed by atoms with E-state index in [9.17, 15) is 21.6 Å². The molecule has 2 aromatic carbocycles. The highest BCUT2D eigenvalue weighted by Crippen LogP contribution is 2.26. The number of hydrogen-bond donors (Lipinski definition) is 1. The molecule has 0 saturated heterocycles. The Bertz CT molecular complexity index is 775. The predicted octanol–water partition coefficient (Wildman–Crippen LogP) is 3.46. The lowest BCUT2D eigenvalue weighted by Crippen LogP contribution is -2.17. The first-order chi connectivity index (χ1) is 10.6. The van der Waals surface area contributed by atoms with Crippen LogP contribution in [0.15, 0.2) is 53.4 Å². The molecule has 0 aromatic heterocycles. The Kier molecular flexibility index (Phi) is 6.26. The second-order valence-electron chi connectivity index (χ2n) is 4.94. The minimum atomic E-state index is -4.74. The van der Waals surface area contributed by atoms with Crippen LogP contribution in [0.4, 0.5) is 13.2 Å². The van der Waals surface area contributed by atoms with E-state index in [1.165, 1.54) is 36.4 Å². The smallest absolute Gasteiger partial charge is 0.406 e. The fraction of sp³-hybridized carbons (Fsp3) is 0.200. The van der Waals surface area contributed by atoms with E-state index in [1.807, 2.05) is 0 Å². The molecule has 132 valence electrons. The summed E-state index contributed by atoms with van der Waals surface area (Å²) in [5, 5.41) is 0. The molecule has 1 atom stereocenters. The van der Waals surface area contributed by atoms with Gasteiger partial charge in [-0.1, -0.05) is 24.3 Å². The van der Waals surface area contributed by atoms with Crippen LogP contribution in [0.2, 0.25) is 0 Å². The van der Waals surface area contributed by atoms with Crippen molar-refractivity contribution in [1.29, 1.82) is 0 Å². The van der Waals surface area contributed by atoms with Gasteiger partial charge in [-0.05, 0) is 35.4 Å². The number of halogens is 4. The zero-order chi connectivity index (χ0) is 17.3. The Balaban J connectivity index is 0.00000288. The van der Waals surface area contributed by atoms with Crippen LogP contribution >= 0.6 is 12.4 Å². The molecule has 0 spiro atoms. The van der Waals surface area contributed by atoms with E-state index in [1.54, 1.807) is 12.1 Å². The lowest BCUT2D eigenvalue weighted by atomic mass is 10.00. The Hall–Kier alpha value is -1.77. The third kappa shape index (κ3) is 5.40. The summed E-state index contributed by atoms with van der Waals surface area (Å²) in [6.07, 6.45) is -3.65. The maximum absolute atomic E-state index is 12.1. The maximum Gasteiger partial charge on any atom is 0.573 e. The first kappa shape index (κ1) is 20.3. The fourth-order valence-electron chi connectivity index (χ4n) is 1.99. The molecular weight excluding hydrogens is 367 g/mol. The predicted molar refractivity (Wildman–Crippen MR) is 86.0 cm³/mol. The molecule has 24 heavy (non-hydrogen) atoms. The van der Waals surface area contributed by atoms with Crippen molar-refractivity contribution in [3.05, 3.63) is 59.7 Å². The van der Waals surface area contributed by atoms with Gasteiger partial charge in [0.25, 0.3) is 0 Å². The van der Waals surface area contributed by atoms with Crippen molar-refractivity contribution in [1.82, 2.24) is 0 Å². The van der Waals surface area contributed by atoms with E-state index in [-0.39, 0.29) is 23.1 Å². The highest BCUT2D eigenvalue weighted by molar-refractivity contribution is 7.90. The van der Waals surface area contributed by atoms with E-state index in [2.05, 4.69) is 4.74 Å². The van der Waals surface area contributed by atoms with Crippen molar-refractivity contribution in [2.75, 3.05) is 6.26 Å². The number of benzene rings is 2. The Morgan fingerprint density at radius 3 is 1.75 bits per heavy atom. The second-order valence-corrected chi connectivity index (χ2v) is 6.95. The third-order valence-corrected chi connectivity index (χ3v) is 4.27. The summed E-state index contributed by atoms with van der Waals surface area (Å²) in [6.45, 7) is 0. The number of sulfone groups is 1. The number of alkyl halides is 3. The van der Waals surface area contributed by atoms with Crippen LogP contribution in [0.25, 0.3) is 0 Å². The van der Waals surface area contributed by atoms with Gasteiger partial charge in [0.2, 0.25) is 0 Å². The van der Waals surface area contributed by atoms with Crippen molar-refractivity contribution < 1.29 is 26.3 Å². The van der Waals surface area contributed by atoms with E-state index in [0.29, 0.717) is 11.1 Å². The van der Waals surface area contributed by atoms with Gasteiger partial charge in [-0.25, -0.2) is 8.42 Å². The van der Waals surface area contributed by atoms with Crippen molar-refractivity contribution >= 4 is 22.2 Å². The summed E-state index contributed by atoms with van der Waals surface area (Å²) >= 11 is 0. The maximum atomic E-state index is 12.1. The summed E-state index contributed by atoms with van der Waals surface area (Å²) in [4.78, 5) is 0.169. The number of hydrogen-bond acceptors (Lipinski definition) is 4. The number of nitrogens with two attached hydrogens (primary N) is 1. The monoisotopic (exact) mass is 381 g/mol. The standard InChI is InChI=1S/C15H14F3NO3S.ClH/c1-23(20,21)13-8-4-11(5-9-13)14(19)10-2-6-12(7-3-10)22-15(16,17)18;/h2-9,14H,19H2,1H3;1H/t14-;/m1./s1. The zero-order valence-electron chi connectivity index (χ0n) is 12.4. The van der Waals surface area contributed by atoms with Gasteiger partial charge in [-0.3, -0.25) is 0 Å². The molecule has 0 amide bonds. The molecule has 0 heterocycles. The topological polar surface area (TPSA) is 69.4 Å². The number of ether oxygens (including phenoxy) is 1. The summed E-state index contributed by atoms with van der Waals surface area (Å²) < 4.78 is 62.9. The first-order valence-electron chi connectivity index (χ1n) is 6.47. The number of rotatable bonds is 4. The second kappa shape index (κ2) is 7.42. The van der Waals surface area contributed by atoms with E-state index in [4.69, 9.17) is 5.73 Å². The summed E-state index contributed by atoms with van der Waals surface area (Å²) in [7, 11) is -3.30. The fourth-order valence-corrected chi connectivity index (χ4v) is 2.62. The van der Waals surface area contributed by atoms with Gasteiger partial charge >= 0.3 is 6.36 Å². The van der Waals surface area contributed by atoms with Gasteiger partial charge in [0.15, 0.2) is 9.84 Å². The Labute approximate surface area is 143 Å². The van der Waals surface area contributed by atoms with Gasteiger partial charge in [-0.15, -0.1) is 25.6 Å². The van der Waals surface area contributed by atoms with Gasteiger partial charge < -0.3 is 10.5 Å². The average Bonchev–Trinajstić information content (AvgIpc) is 2.45. The van der Waals surface area contributed by atoms with Crippen LogP contribution in [0, 0.1) is 0 Å². The molecule has 0 unspecified atom stereocenters. The summed E-state index contributed by atoms with van der Waals surface area (Å²) in [6, 6.07) is 10.6. The van der Waals surface area contributed by atoms with Crippen molar-refractivity contribution in [2.24, 2.45) is 5.73 Å². The van der Waals surface area contributed by atoms with Crippen molar-refractivity contribution in [2.45, 2.75) is 17.3 Å². The minimum Gasteiger partial charge on any atom is -0.406 e. The molecule has 0 saturated carbocycles. The molecule has 4 nitrogen and oxygen atoms in total. The largest absolute Gasteiger partial charge is 0.573 e. The van der Waals surface area contributed by atoms with E-state index >= 15 is 0 Å². The zero-order valence-corrected chi connectivity index (χ0v) is 14.1. The molecule has 2 N–H and O–H groups in total. The molecule has 0 fully saturated rings. The van der Waals surface area contributed by atoms with Crippen LogP contribution in [-0.2, 0) is 9.84 Å². The molecule has 9 heteroatoms. The SMILES string of the molecule is CS(=O)(=O)c1ccc([C@H](N)c2ccc(OC(F)(F)F)cc2)cc1.Cl. The van der Waals surface area contributed by atoms with Crippen LogP contribution in [0.5, 0.6) is 5.75 Å². The van der Waals surface area contributed by atoms with Crippen molar-refractivity contribution in [3.63, 3.8) is 0 Å². The van der Waals surface area contributed by atoms with Crippen LogP contribution in [0.1, 0.15) is 17.2 Å². The quantitative estimate of drug-likeness (QED) is 0.880. The van der Waals surface area contributed by atoms with Crippen LogP contribution in [0.3, 0.4) is 0 Å². The van der Waals surface area contributed by atoms with E-state index < -0.39 is 22.2 Å². The highest BCUT2D eigenvalue weighted by Gasteiger charge is 2.31. The highest BCUT2D eigenvalue weighted by atomic mass is 35.5. The van der Waals surface area contributed by atoms with Gasteiger partial charge in [-0.2, -0.15) is 0 Å². The molecule has 0 aliphatic rings. The summed E-state index contributed by atoms with van der Waals surface area (Å²) in [5.74, 6) is -0.333. The molecule has 2 aromatic rings. The normalized spacial score (nSPS) is 13.0. The van der Waals surface area contributed by atoms with Gasteiger partial charge in [0.05, 0.1) is 10.9 Å². The Morgan fingerprint density at radius 1 is 0.958 bits per heavy atom. The molecule has 2 rings (SSSR count).